The van der Waals surface area contributed by atoms with Gasteiger partial charge in [-0.2, -0.15) is 13.2 Å². The Hall–Kier alpha value is -1.07. The molecule has 1 atom stereocenters. The van der Waals surface area contributed by atoms with Crippen molar-refractivity contribution >= 4 is 29.9 Å². The fraction of sp³-hybridized carbons (Fsp3) is 0.588. The van der Waals surface area contributed by atoms with Crippen LogP contribution in [0.3, 0.4) is 0 Å². The van der Waals surface area contributed by atoms with Crippen molar-refractivity contribution in [1.29, 1.82) is 0 Å². The molecule has 26 heavy (non-hydrogen) atoms. The second-order valence-electron chi connectivity index (χ2n) is 6.16. The Morgan fingerprint density at radius 3 is 2.50 bits per heavy atom. The number of hydrogen-bond donors (Lipinski definition) is 2. The molecule has 1 fully saturated rings. The number of alkyl halides is 3. The highest BCUT2D eigenvalue weighted by atomic mass is 127. The summed E-state index contributed by atoms with van der Waals surface area (Å²) in [4.78, 5) is 5.56. The van der Waals surface area contributed by atoms with E-state index < -0.39 is 12.7 Å². The third-order valence-corrected chi connectivity index (χ3v) is 4.03. The van der Waals surface area contributed by atoms with Crippen molar-refractivity contribution in [3.8, 4) is 0 Å². The molecule has 2 N–H and O–H groups in total. The van der Waals surface area contributed by atoms with E-state index in [-0.39, 0.29) is 30.0 Å². The summed E-state index contributed by atoms with van der Waals surface area (Å²) in [5.74, 6) is 0.597. The van der Waals surface area contributed by atoms with Crippen LogP contribution in [0.4, 0.5) is 13.2 Å². The Kier molecular flexibility index (Phi) is 9.66. The topological polar surface area (TPSA) is 48.9 Å². The van der Waals surface area contributed by atoms with Gasteiger partial charge in [-0.15, -0.1) is 24.0 Å². The Morgan fingerprint density at radius 1 is 1.27 bits per heavy atom. The second kappa shape index (κ2) is 10.9. The van der Waals surface area contributed by atoms with Gasteiger partial charge in [0, 0.05) is 39.8 Å². The van der Waals surface area contributed by atoms with Crippen molar-refractivity contribution in [2.24, 2.45) is 4.99 Å². The fourth-order valence-electron chi connectivity index (χ4n) is 2.84. The van der Waals surface area contributed by atoms with Crippen LogP contribution >= 0.6 is 24.0 Å². The lowest BCUT2D eigenvalue weighted by Crippen LogP contribution is -2.44. The van der Waals surface area contributed by atoms with Gasteiger partial charge in [0.1, 0.15) is 0 Å². The van der Waals surface area contributed by atoms with Crippen LogP contribution in [0.25, 0.3) is 0 Å². The minimum atomic E-state index is -4.15. The Bertz CT molecular complexity index is 566. The number of methoxy groups -OCH3 is 1. The van der Waals surface area contributed by atoms with Gasteiger partial charge in [0.25, 0.3) is 0 Å². The molecule has 1 aliphatic heterocycles. The van der Waals surface area contributed by atoms with Crippen molar-refractivity contribution in [3.05, 3.63) is 35.4 Å². The van der Waals surface area contributed by atoms with Gasteiger partial charge < -0.3 is 15.4 Å². The summed E-state index contributed by atoms with van der Waals surface area (Å²) in [6.45, 7) is 1.12. The van der Waals surface area contributed by atoms with Crippen LogP contribution in [0, 0.1) is 0 Å². The van der Waals surface area contributed by atoms with Crippen molar-refractivity contribution in [3.63, 3.8) is 0 Å². The summed E-state index contributed by atoms with van der Waals surface area (Å²) in [6.07, 6.45) is -3.48. The maximum atomic E-state index is 12.4. The van der Waals surface area contributed by atoms with Gasteiger partial charge in [0.2, 0.25) is 0 Å². The zero-order chi connectivity index (χ0) is 18.3. The molecule has 0 saturated carbocycles. The van der Waals surface area contributed by atoms with E-state index in [2.05, 4.69) is 15.6 Å². The zero-order valence-corrected chi connectivity index (χ0v) is 17.3. The summed E-state index contributed by atoms with van der Waals surface area (Å²) in [5.41, 5.74) is 2.19. The molecule has 1 aromatic rings. The highest BCUT2D eigenvalue weighted by Gasteiger charge is 2.34. The normalized spacial score (nSPS) is 18.5. The third kappa shape index (κ3) is 8.09. The molecule has 148 valence electrons. The molecule has 0 bridgehead atoms. The molecular weight excluding hydrogens is 460 g/mol. The molecule has 5 nitrogen and oxygen atoms in total. The number of hydrogen-bond acceptors (Lipinski definition) is 3. The molecule has 1 saturated heterocycles. The number of nitrogens with one attached hydrogen (secondary N) is 2. The first-order valence-electron chi connectivity index (χ1n) is 8.22. The van der Waals surface area contributed by atoms with Crippen molar-refractivity contribution in [1.82, 2.24) is 15.5 Å². The molecule has 0 radical (unpaired) electrons. The largest absolute Gasteiger partial charge is 0.401 e. The van der Waals surface area contributed by atoms with E-state index >= 15 is 0 Å². The summed E-state index contributed by atoms with van der Waals surface area (Å²) >= 11 is 0. The maximum absolute atomic E-state index is 12.4. The van der Waals surface area contributed by atoms with Crippen molar-refractivity contribution < 1.29 is 17.9 Å². The number of ether oxygens (including phenoxy) is 1. The number of benzene rings is 1. The smallest absolute Gasteiger partial charge is 0.380 e. The molecule has 0 spiro atoms. The lowest BCUT2D eigenvalue weighted by Gasteiger charge is -2.19. The van der Waals surface area contributed by atoms with Crippen LogP contribution in [0.15, 0.2) is 29.3 Å². The monoisotopic (exact) mass is 486 g/mol. The summed E-state index contributed by atoms with van der Waals surface area (Å²) in [6, 6.07) is 7.99. The van der Waals surface area contributed by atoms with E-state index in [1.54, 1.807) is 14.2 Å². The predicted molar refractivity (Wildman–Crippen MR) is 107 cm³/mol. The zero-order valence-electron chi connectivity index (χ0n) is 15.0. The molecule has 9 heteroatoms. The summed E-state index contributed by atoms with van der Waals surface area (Å²) < 4.78 is 42.4. The molecule has 0 aliphatic carbocycles. The number of aliphatic imine (C=N–C) groups is 1. The number of rotatable bonds is 6. The van der Waals surface area contributed by atoms with Crippen molar-refractivity contribution in [2.45, 2.75) is 31.8 Å². The summed E-state index contributed by atoms with van der Waals surface area (Å²) in [5, 5.41) is 6.39. The van der Waals surface area contributed by atoms with E-state index in [0.717, 1.165) is 11.1 Å². The van der Waals surface area contributed by atoms with Gasteiger partial charge in [-0.3, -0.25) is 9.89 Å². The van der Waals surface area contributed by atoms with Gasteiger partial charge in [-0.25, -0.2) is 0 Å². The summed E-state index contributed by atoms with van der Waals surface area (Å²) in [7, 11) is 3.31. The quantitative estimate of drug-likeness (QED) is 0.369. The van der Waals surface area contributed by atoms with Gasteiger partial charge in [0.05, 0.1) is 13.2 Å². The van der Waals surface area contributed by atoms with Crippen LogP contribution in [0.1, 0.15) is 17.5 Å². The molecular formula is C17H26F3IN4O. The van der Waals surface area contributed by atoms with Crippen LogP contribution in [0.2, 0.25) is 0 Å². The molecule has 2 rings (SSSR count). The minimum absolute atomic E-state index is 0. The SMILES string of the molecule is CN=C(NCc1ccc(COC)cc1)NC1CCN(CC(F)(F)F)C1.I. The lowest BCUT2D eigenvalue weighted by molar-refractivity contribution is -0.143. The van der Waals surface area contributed by atoms with Crippen molar-refractivity contribution in [2.75, 3.05) is 33.8 Å². The third-order valence-electron chi connectivity index (χ3n) is 4.03. The van der Waals surface area contributed by atoms with Gasteiger partial charge >= 0.3 is 6.18 Å². The average Bonchev–Trinajstić information content (AvgIpc) is 2.98. The maximum Gasteiger partial charge on any atom is 0.401 e. The minimum Gasteiger partial charge on any atom is -0.380 e. The lowest BCUT2D eigenvalue weighted by atomic mass is 10.1. The molecule has 1 unspecified atom stereocenters. The molecule has 0 aromatic heterocycles. The number of nitrogens with zero attached hydrogens (tertiary/aromatic N) is 2. The highest BCUT2D eigenvalue weighted by molar-refractivity contribution is 14.0. The molecule has 1 heterocycles. The number of halogens is 4. The first-order chi connectivity index (χ1) is 11.9. The Morgan fingerprint density at radius 2 is 1.92 bits per heavy atom. The van der Waals surface area contributed by atoms with E-state index in [4.69, 9.17) is 4.74 Å². The van der Waals surface area contributed by atoms with E-state index in [1.165, 1.54) is 4.90 Å². The fourth-order valence-corrected chi connectivity index (χ4v) is 2.84. The van der Waals surface area contributed by atoms with Crippen LogP contribution in [-0.2, 0) is 17.9 Å². The Balaban J connectivity index is 0.00000338. The first-order valence-corrected chi connectivity index (χ1v) is 8.22. The number of likely N-dealkylation sites (tertiary alicyclic amines) is 1. The number of guanidine groups is 1. The average molecular weight is 486 g/mol. The van der Waals surface area contributed by atoms with E-state index in [1.807, 2.05) is 24.3 Å². The Labute approximate surface area is 169 Å². The second-order valence-corrected chi connectivity index (χ2v) is 6.16. The van der Waals surface area contributed by atoms with E-state index in [9.17, 15) is 13.2 Å². The van der Waals surface area contributed by atoms with Crippen LogP contribution < -0.4 is 10.6 Å². The molecule has 1 aromatic carbocycles. The molecule has 0 amide bonds. The predicted octanol–water partition coefficient (Wildman–Crippen LogP) is 2.75. The van der Waals surface area contributed by atoms with E-state index in [0.29, 0.717) is 38.6 Å². The highest BCUT2D eigenvalue weighted by Crippen LogP contribution is 2.19. The first kappa shape index (κ1) is 23.0. The van der Waals surface area contributed by atoms with Gasteiger partial charge in [-0.05, 0) is 17.5 Å². The van der Waals surface area contributed by atoms with Gasteiger partial charge in [0.15, 0.2) is 5.96 Å². The standard InChI is InChI=1S/C17H25F3N4O.HI/c1-21-16(22-9-13-3-5-14(6-4-13)11-25-2)23-15-7-8-24(10-15)12-17(18,19)20;/h3-6,15H,7-12H2,1-2H3,(H2,21,22,23);1H. The van der Waals surface area contributed by atoms with Crippen LogP contribution in [-0.4, -0.2) is 56.9 Å². The van der Waals surface area contributed by atoms with Gasteiger partial charge in [-0.1, -0.05) is 24.3 Å². The van der Waals surface area contributed by atoms with Crippen LogP contribution in [0.5, 0.6) is 0 Å². The molecule has 1 aliphatic rings.